The summed E-state index contributed by atoms with van der Waals surface area (Å²) in [5.74, 6) is 0.233. The van der Waals surface area contributed by atoms with Crippen molar-refractivity contribution < 1.29 is 9.53 Å². The summed E-state index contributed by atoms with van der Waals surface area (Å²) in [6.07, 6.45) is 3.93. The normalized spacial score (nSPS) is 46.9. The Morgan fingerprint density at radius 1 is 1.46 bits per heavy atom. The Balaban J connectivity index is 2.45. The minimum atomic E-state index is -0.433. The van der Waals surface area contributed by atoms with Crippen molar-refractivity contribution in [2.45, 2.75) is 37.3 Å². The number of carbonyl (C=O) groups is 1. The summed E-state index contributed by atoms with van der Waals surface area (Å²) in [4.78, 5) is 11.7. The lowest BCUT2D eigenvalue weighted by Crippen LogP contribution is -2.55. The maximum absolute atomic E-state index is 11.9. The van der Waals surface area contributed by atoms with E-state index in [9.17, 15) is 4.79 Å². The van der Waals surface area contributed by atoms with Crippen molar-refractivity contribution in [3.63, 3.8) is 0 Å². The number of rotatable bonds is 0. The van der Waals surface area contributed by atoms with Crippen molar-refractivity contribution in [1.29, 1.82) is 0 Å². The molecule has 72 valence electrons. The number of Topliss-reactive ketones (excluding diaryl/α,β-unsaturated/α-hetero) is 1. The quantitative estimate of drug-likeness (QED) is 0.482. The molecule has 13 heavy (non-hydrogen) atoms. The molecule has 3 atom stereocenters. The molecule has 0 N–H and O–H groups in total. The van der Waals surface area contributed by atoms with Crippen LogP contribution < -0.4 is 0 Å². The van der Waals surface area contributed by atoms with Crippen molar-refractivity contribution in [3.8, 4) is 0 Å². The van der Waals surface area contributed by atoms with Gasteiger partial charge < -0.3 is 4.74 Å². The van der Waals surface area contributed by atoms with Crippen LogP contribution in [0.3, 0.4) is 0 Å². The van der Waals surface area contributed by atoms with Gasteiger partial charge in [0.05, 0.1) is 11.5 Å². The number of carbonyl (C=O) groups excluding carboxylic acids is 1. The zero-order valence-corrected chi connectivity index (χ0v) is 9.59. The van der Waals surface area contributed by atoms with Crippen LogP contribution in [0.1, 0.15) is 20.8 Å². The average molecular weight is 245 g/mol. The molecule has 2 heterocycles. The van der Waals surface area contributed by atoms with E-state index in [1.807, 2.05) is 32.9 Å². The Morgan fingerprint density at radius 2 is 2.08 bits per heavy atom. The summed E-state index contributed by atoms with van der Waals surface area (Å²) in [5.41, 5.74) is -0.835. The van der Waals surface area contributed by atoms with Crippen LogP contribution >= 0.6 is 15.9 Å². The first-order valence-corrected chi connectivity index (χ1v) is 5.35. The van der Waals surface area contributed by atoms with E-state index >= 15 is 0 Å². The minimum absolute atomic E-state index is 0.0567. The maximum Gasteiger partial charge on any atom is 0.158 e. The van der Waals surface area contributed by atoms with Gasteiger partial charge in [0.25, 0.3) is 0 Å². The van der Waals surface area contributed by atoms with Gasteiger partial charge in [-0.2, -0.15) is 0 Å². The van der Waals surface area contributed by atoms with E-state index in [1.165, 1.54) is 0 Å². The van der Waals surface area contributed by atoms with Gasteiger partial charge in [0.2, 0.25) is 0 Å². The molecule has 2 aliphatic heterocycles. The first-order valence-electron chi connectivity index (χ1n) is 4.43. The van der Waals surface area contributed by atoms with E-state index < -0.39 is 11.0 Å². The molecule has 3 heteroatoms. The monoisotopic (exact) mass is 244 g/mol. The molecule has 1 saturated heterocycles. The van der Waals surface area contributed by atoms with Crippen LogP contribution in [0, 0.1) is 5.41 Å². The molecule has 2 nitrogen and oxygen atoms in total. The highest BCUT2D eigenvalue weighted by Gasteiger charge is 2.55. The number of hydrogen-bond donors (Lipinski definition) is 0. The molecule has 2 rings (SSSR count). The van der Waals surface area contributed by atoms with Crippen molar-refractivity contribution in [3.05, 3.63) is 12.2 Å². The van der Waals surface area contributed by atoms with Gasteiger partial charge in [-0.1, -0.05) is 41.9 Å². The Kier molecular flexibility index (Phi) is 1.77. The average Bonchev–Trinajstić information content (AvgIpc) is 2.43. The van der Waals surface area contributed by atoms with E-state index in [0.29, 0.717) is 0 Å². The van der Waals surface area contributed by atoms with Crippen LogP contribution in [-0.2, 0) is 9.53 Å². The third-order valence-corrected chi connectivity index (χ3v) is 4.39. The Hall–Kier alpha value is -0.150. The molecule has 0 unspecified atom stereocenters. The topological polar surface area (TPSA) is 26.3 Å². The van der Waals surface area contributed by atoms with Gasteiger partial charge >= 0.3 is 0 Å². The molecular weight excluding hydrogens is 232 g/mol. The van der Waals surface area contributed by atoms with E-state index in [2.05, 4.69) is 15.9 Å². The highest BCUT2D eigenvalue weighted by molar-refractivity contribution is 9.10. The predicted molar refractivity (Wildman–Crippen MR) is 53.9 cm³/mol. The SMILES string of the molecule is CC1(C)C(=O)[C@@H](Br)[C@]2(C)C=C[C@H]1O2. The van der Waals surface area contributed by atoms with E-state index in [4.69, 9.17) is 4.74 Å². The van der Waals surface area contributed by atoms with Crippen molar-refractivity contribution in [2.24, 2.45) is 5.41 Å². The zero-order valence-electron chi connectivity index (χ0n) is 8.00. The fourth-order valence-corrected chi connectivity index (χ4v) is 2.74. The molecule has 0 radical (unpaired) electrons. The Labute approximate surface area is 86.5 Å². The molecule has 2 aliphatic rings. The molecule has 0 aromatic heterocycles. The minimum Gasteiger partial charge on any atom is -0.361 e. The first kappa shape index (κ1) is 9.41. The molecule has 0 amide bonds. The number of alkyl halides is 1. The molecule has 2 bridgehead atoms. The summed E-state index contributed by atoms with van der Waals surface area (Å²) >= 11 is 3.41. The van der Waals surface area contributed by atoms with Gasteiger partial charge in [-0.05, 0) is 6.92 Å². The summed E-state index contributed by atoms with van der Waals surface area (Å²) in [6, 6.07) is 0. The third kappa shape index (κ3) is 1.07. The lowest BCUT2D eigenvalue weighted by Gasteiger charge is -2.42. The summed E-state index contributed by atoms with van der Waals surface area (Å²) < 4.78 is 5.80. The second-order valence-electron chi connectivity index (χ2n) is 4.53. The van der Waals surface area contributed by atoms with Crippen molar-refractivity contribution in [2.75, 3.05) is 0 Å². The van der Waals surface area contributed by atoms with E-state index in [-0.39, 0.29) is 16.7 Å². The van der Waals surface area contributed by atoms with Crippen molar-refractivity contribution >= 4 is 21.7 Å². The van der Waals surface area contributed by atoms with Crippen molar-refractivity contribution in [1.82, 2.24) is 0 Å². The van der Waals surface area contributed by atoms with Gasteiger partial charge in [0, 0.05) is 0 Å². The van der Waals surface area contributed by atoms with E-state index in [0.717, 1.165) is 0 Å². The van der Waals surface area contributed by atoms with Crippen LogP contribution in [0.2, 0.25) is 0 Å². The van der Waals surface area contributed by atoms with E-state index in [1.54, 1.807) is 0 Å². The fraction of sp³-hybridized carbons (Fsp3) is 0.700. The first-order chi connectivity index (χ1) is 5.88. The number of fused-ring (bicyclic) bond motifs is 2. The molecule has 0 aliphatic carbocycles. The predicted octanol–water partition coefficient (Wildman–Crippen LogP) is 2.07. The van der Waals surface area contributed by atoms with Gasteiger partial charge in [-0.3, -0.25) is 4.79 Å². The Morgan fingerprint density at radius 3 is 2.69 bits per heavy atom. The van der Waals surface area contributed by atoms with Crippen LogP contribution in [0.25, 0.3) is 0 Å². The lowest BCUT2D eigenvalue weighted by molar-refractivity contribution is -0.154. The second kappa shape index (κ2) is 2.45. The smallest absolute Gasteiger partial charge is 0.158 e. The number of ether oxygens (including phenoxy) is 1. The number of ketones is 1. The summed E-state index contributed by atoms with van der Waals surface area (Å²) in [7, 11) is 0. The van der Waals surface area contributed by atoms with Crippen LogP contribution in [0.15, 0.2) is 12.2 Å². The Bertz CT molecular complexity index is 295. The zero-order chi connectivity index (χ0) is 9.85. The molecule has 0 aromatic carbocycles. The number of halogens is 1. The van der Waals surface area contributed by atoms with Gasteiger partial charge in [-0.25, -0.2) is 0 Å². The fourth-order valence-electron chi connectivity index (χ4n) is 1.89. The summed E-state index contributed by atoms with van der Waals surface area (Å²) in [5, 5.41) is 0. The third-order valence-electron chi connectivity index (χ3n) is 3.06. The molecule has 0 saturated carbocycles. The van der Waals surface area contributed by atoms with Gasteiger partial charge in [0.1, 0.15) is 10.4 Å². The highest BCUT2D eigenvalue weighted by Crippen LogP contribution is 2.46. The largest absolute Gasteiger partial charge is 0.361 e. The van der Waals surface area contributed by atoms with Gasteiger partial charge in [-0.15, -0.1) is 0 Å². The highest BCUT2D eigenvalue weighted by atomic mass is 79.9. The van der Waals surface area contributed by atoms with Gasteiger partial charge in [0.15, 0.2) is 5.78 Å². The number of hydrogen-bond acceptors (Lipinski definition) is 2. The molecule has 0 aromatic rings. The standard InChI is InChI=1S/C10H13BrO2/c1-9(2)6-4-5-10(3,13-6)7(11)8(9)12/h4-7H,1-3H3/t6-,7-,10+/m1/s1. The van der Waals surface area contributed by atoms with Crippen LogP contribution in [0.4, 0.5) is 0 Å². The second-order valence-corrected chi connectivity index (χ2v) is 5.45. The van der Waals surface area contributed by atoms with Crippen LogP contribution in [0.5, 0.6) is 0 Å². The molecule has 0 spiro atoms. The molecule has 1 fully saturated rings. The van der Waals surface area contributed by atoms with Crippen LogP contribution in [-0.4, -0.2) is 22.3 Å². The lowest BCUT2D eigenvalue weighted by atomic mass is 9.77. The maximum atomic E-state index is 11.9. The summed E-state index contributed by atoms with van der Waals surface area (Å²) in [6.45, 7) is 5.81. The molecular formula is C10H13BrO2.